The standard InChI is InChI=1S/C46H95NO4SSi/c1-6-10-14-18-21-24-25-26-30-33-38-45(47-5)44-51-53(49-40-35-31-27-22-19-15-11-7-2,50-41-36-32-28-23-20-16-12-8-3)43-37-42-52-46(48)39-34-29-17-13-9-4/h45,47H,6-44H2,1-5H3. The van der Waals surface area contributed by atoms with Crippen molar-refractivity contribution in [2.75, 3.05) is 32.6 Å². The van der Waals surface area contributed by atoms with Gasteiger partial charge in [0.05, 0.1) is 6.61 Å². The molecule has 0 aromatic heterocycles. The molecule has 0 aromatic rings. The van der Waals surface area contributed by atoms with E-state index in [4.69, 9.17) is 13.3 Å². The highest BCUT2D eigenvalue weighted by atomic mass is 32.2. The van der Waals surface area contributed by atoms with Crippen LogP contribution in [0.25, 0.3) is 0 Å². The number of nitrogens with one attached hydrogen (secondary N) is 1. The van der Waals surface area contributed by atoms with Gasteiger partial charge >= 0.3 is 8.80 Å². The Morgan fingerprint density at radius 3 is 1.28 bits per heavy atom. The molecule has 0 bridgehead atoms. The third kappa shape index (κ3) is 37.4. The van der Waals surface area contributed by atoms with E-state index in [1.54, 1.807) is 0 Å². The van der Waals surface area contributed by atoms with Gasteiger partial charge in [-0.05, 0) is 39.2 Å². The van der Waals surface area contributed by atoms with Crippen molar-refractivity contribution in [2.24, 2.45) is 0 Å². The molecule has 0 aliphatic rings. The van der Waals surface area contributed by atoms with Crippen molar-refractivity contribution >= 4 is 25.7 Å². The lowest BCUT2D eigenvalue weighted by Crippen LogP contribution is -2.49. The minimum Gasteiger partial charge on any atom is -0.373 e. The summed E-state index contributed by atoms with van der Waals surface area (Å²) in [5.41, 5.74) is 0. The molecule has 5 nitrogen and oxygen atoms in total. The van der Waals surface area contributed by atoms with Crippen molar-refractivity contribution in [3.8, 4) is 0 Å². The van der Waals surface area contributed by atoms with Gasteiger partial charge in [-0.3, -0.25) is 4.79 Å². The largest absolute Gasteiger partial charge is 0.501 e. The molecule has 0 radical (unpaired) electrons. The van der Waals surface area contributed by atoms with Gasteiger partial charge < -0.3 is 18.6 Å². The molecule has 0 aliphatic carbocycles. The smallest absolute Gasteiger partial charge is 0.373 e. The maximum absolute atomic E-state index is 12.7. The SMILES string of the molecule is CCCCCCCCCCCCC(CO[Si](CCCSC(=O)CCCCCCC)(OCCCCCCCCCC)OCCCCCCCCCC)NC. The highest BCUT2D eigenvalue weighted by Crippen LogP contribution is 2.24. The van der Waals surface area contributed by atoms with E-state index in [0.717, 1.165) is 57.1 Å². The first-order chi connectivity index (χ1) is 26.1. The van der Waals surface area contributed by atoms with Gasteiger partial charge in [0.1, 0.15) is 0 Å². The summed E-state index contributed by atoms with van der Waals surface area (Å²) in [7, 11) is -0.819. The normalized spacial score (nSPS) is 12.5. The summed E-state index contributed by atoms with van der Waals surface area (Å²) in [6.45, 7) is 11.2. The number of unbranched alkanes of at least 4 members (excludes halogenated alkanes) is 27. The summed E-state index contributed by atoms with van der Waals surface area (Å²) in [4.78, 5) is 12.7. The van der Waals surface area contributed by atoms with Crippen molar-refractivity contribution in [3.05, 3.63) is 0 Å². The van der Waals surface area contributed by atoms with Crippen LogP contribution in [0.1, 0.15) is 246 Å². The summed E-state index contributed by atoms with van der Waals surface area (Å²) in [6.07, 6.45) is 43.0. The molecule has 0 saturated carbocycles. The van der Waals surface area contributed by atoms with Gasteiger partial charge in [-0.1, -0.05) is 219 Å². The number of likely N-dealkylation sites (N-methyl/N-ethyl adjacent to an activating group) is 1. The second-order valence-corrected chi connectivity index (χ2v) is 20.0. The van der Waals surface area contributed by atoms with Crippen LogP contribution in [-0.4, -0.2) is 52.6 Å². The molecule has 0 aliphatic heterocycles. The fourth-order valence-corrected chi connectivity index (χ4v) is 10.8. The van der Waals surface area contributed by atoms with E-state index in [2.05, 4.69) is 40.1 Å². The first-order valence-corrected chi connectivity index (χ1v) is 26.7. The molecule has 1 N–H and O–H groups in total. The molecular formula is C46H95NO4SSi. The topological polar surface area (TPSA) is 56.8 Å². The average Bonchev–Trinajstić information content (AvgIpc) is 3.17. The third-order valence-electron chi connectivity index (χ3n) is 10.8. The van der Waals surface area contributed by atoms with E-state index in [-0.39, 0.29) is 0 Å². The Bertz CT molecular complexity index is 708. The molecule has 1 atom stereocenters. The molecular weight excluding hydrogens is 691 g/mol. The molecule has 0 heterocycles. The Balaban J connectivity index is 5.21. The summed E-state index contributed by atoms with van der Waals surface area (Å²) >= 11 is 1.52. The lowest BCUT2D eigenvalue weighted by Gasteiger charge is -2.32. The van der Waals surface area contributed by atoms with Crippen molar-refractivity contribution in [1.29, 1.82) is 0 Å². The molecule has 0 saturated heterocycles. The van der Waals surface area contributed by atoms with E-state index in [0.29, 0.717) is 24.2 Å². The number of rotatable bonds is 45. The summed E-state index contributed by atoms with van der Waals surface area (Å²) in [6, 6.07) is 1.13. The Morgan fingerprint density at radius 1 is 0.491 bits per heavy atom. The van der Waals surface area contributed by atoms with E-state index >= 15 is 0 Å². The monoisotopic (exact) mass is 786 g/mol. The molecule has 0 rings (SSSR count). The van der Waals surface area contributed by atoms with Gasteiger partial charge in [0.2, 0.25) is 0 Å². The lowest BCUT2D eigenvalue weighted by molar-refractivity contribution is -0.111. The summed E-state index contributed by atoms with van der Waals surface area (Å²) < 4.78 is 20.6. The van der Waals surface area contributed by atoms with Crippen molar-refractivity contribution in [1.82, 2.24) is 5.32 Å². The Hall–Kier alpha value is 0.0769. The number of carbonyl (C=O) groups excluding carboxylic acids is 1. The second kappa shape index (κ2) is 43.2. The Morgan fingerprint density at radius 2 is 0.868 bits per heavy atom. The first kappa shape index (κ1) is 53.1. The van der Waals surface area contributed by atoms with Crippen LogP contribution in [0.2, 0.25) is 6.04 Å². The zero-order chi connectivity index (χ0) is 38.8. The van der Waals surface area contributed by atoms with Gasteiger partial charge in [0.15, 0.2) is 5.12 Å². The van der Waals surface area contributed by atoms with Crippen LogP contribution in [-0.2, 0) is 18.1 Å². The van der Waals surface area contributed by atoms with Crippen LogP contribution in [0.15, 0.2) is 0 Å². The van der Waals surface area contributed by atoms with Crippen LogP contribution in [0.4, 0.5) is 0 Å². The zero-order valence-electron chi connectivity index (χ0n) is 36.7. The zero-order valence-corrected chi connectivity index (χ0v) is 38.5. The van der Waals surface area contributed by atoms with Gasteiger partial charge in [-0.2, -0.15) is 0 Å². The predicted molar refractivity (Wildman–Crippen MR) is 238 cm³/mol. The van der Waals surface area contributed by atoms with E-state index in [1.807, 2.05) is 0 Å². The molecule has 0 spiro atoms. The minimum atomic E-state index is -2.90. The van der Waals surface area contributed by atoms with Crippen LogP contribution < -0.4 is 5.32 Å². The van der Waals surface area contributed by atoms with Crippen LogP contribution >= 0.6 is 11.8 Å². The van der Waals surface area contributed by atoms with Crippen LogP contribution in [0.5, 0.6) is 0 Å². The molecule has 318 valence electrons. The van der Waals surface area contributed by atoms with Crippen molar-refractivity contribution in [2.45, 2.75) is 258 Å². The lowest BCUT2D eigenvalue weighted by atomic mass is 10.0. The average molecular weight is 786 g/mol. The number of thioether (sulfide) groups is 1. The molecule has 0 fully saturated rings. The van der Waals surface area contributed by atoms with Crippen molar-refractivity contribution in [3.63, 3.8) is 0 Å². The molecule has 1 unspecified atom stereocenters. The molecule has 7 heteroatoms. The fraction of sp³-hybridized carbons (Fsp3) is 0.978. The van der Waals surface area contributed by atoms with E-state index < -0.39 is 8.80 Å². The number of hydrogen-bond acceptors (Lipinski definition) is 6. The van der Waals surface area contributed by atoms with Gasteiger partial charge in [-0.25, -0.2) is 0 Å². The maximum atomic E-state index is 12.7. The van der Waals surface area contributed by atoms with E-state index in [1.165, 1.54) is 192 Å². The fourth-order valence-electron chi connectivity index (χ4n) is 7.11. The minimum absolute atomic E-state index is 0.318. The summed E-state index contributed by atoms with van der Waals surface area (Å²) in [5, 5.41) is 3.92. The Kier molecular flexibility index (Phi) is 43.3. The predicted octanol–water partition coefficient (Wildman–Crippen LogP) is 15.2. The second-order valence-electron chi connectivity index (χ2n) is 16.1. The van der Waals surface area contributed by atoms with Gasteiger partial charge in [0, 0.05) is 37.5 Å². The highest BCUT2D eigenvalue weighted by Gasteiger charge is 2.41. The van der Waals surface area contributed by atoms with Crippen molar-refractivity contribution < 1.29 is 18.1 Å². The molecule has 0 aromatic carbocycles. The summed E-state index contributed by atoms with van der Waals surface area (Å²) in [5.74, 6) is 0.836. The maximum Gasteiger partial charge on any atom is 0.501 e. The van der Waals surface area contributed by atoms with Crippen LogP contribution in [0, 0.1) is 0 Å². The quantitative estimate of drug-likeness (QED) is 0.0490. The number of hydrogen-bond donors (Lipinski definition) is 1. The highest BCUT2D eigenvalue weighted by molar-refractivity contribution is 8.13. The van der Waals surface area contributed by atoms with Gasteiger partial charge in [-0.15, -0.1) is 0 Å². The Labute approximate surface area is 338 Å². The van der Waals surface area contributed by atoms with E-state index in [9.17, 15) is 4.79 Å². The number of carbonyl (C=O) groups is 1. The van der Waals surface area contributed by atoms with Crippen LogP contribution in [0.3, 0.4) is 0 Å². The molecule has 0 amide bonds. The third-order valence-corrected chi connectivity index (χ3v) is 14.7. The van der Waals surface area contributed by atoms with Gasteiger partial charge in [0.25, 0.3) is 0 Å². The molecule has 53 heavy (non-hydrogen) atoms. The first-order valence-electron chi connectivity index (χ1n) is 23.8.